The first-order valence-electron chi connectivity index (χ1n) is 12.1. The number of hydrogen-bond donors (Lipinski definition) is 2. The van der Waals surface area contributed by atoms with Gasteiger partial charge in [0.15, 0.2) is 10.9 Å². The summed E-state index contributed by atoms with van der Waals surface area (Å²) in [4.78, 5) is 17.2. The Balaban J connectivity index is 1.16. The molecule has 0 saturated heterocycles. The van der Waals surface area contributed by atoms with Crippen molar-refractivity contribution in [2.45, 2.75) is 6.61 Å². The summed E-state index contributed by atoms with van der Waals surface area (Å²) in [5.41, 5.74) is 6.66. The number of carbonyl (C=O) groups is 1. The molecule has 11 heteroatoms. The van der Waals surface area contributed by atoms with Gasteiger partial charge in [-0.2, -0.15) is 5.10 Å². The molecule has 5 aromatic rings. The molecule has 4 aromatic carbocycles. The Morgan fingerprint density at radius 3 is 2.41 bits per heavy atom. The van der Waals surface area contributed by atoms with Gasteiger partial charge in [0.25, 0.3) is 5.91 Å². The van der Waals surface area contributed by atoms with Gasteiger partial charge >= 0.3 is 0 Å². The van der Waals surface area contributed by atoms with Crippen LogP contribution in [-0.2, 0) is 6.61 Å². The van der Waals surface area contributed by atoms with Crippen LogP contribution in [0.15, 0.2) is 95.4 Å². The van der Waals surface area contributed by atoms with E-state index < -0.39 is 0 Å². The summed E-state index contributed by atoms with van der Waals surface area (Å²) in [7, 11) is 0. The van der Waals surface area contributed by atoms with Crippen LogP contribution in [-0.4, -0.2) is 17.1 Å². The normalized spacial score (nSPS) is 11.0. The quantitative estimate of drug-likeness (QED) is 0.127. The highest BCUT2D eigenvalue weighted by Crippen LogP contribution is 2.34. The Bertz CT molecular complexity index is 1690. The number of carbonyl (C=O) groups excluding carboxylic acids is 1. The standard InChI is InChI=1S/C30H20Cl3FN4O2S/c31-22-8-10-24(11-9-22)36-30-37-27(17-41-30)20-4-6-21(7-5-20)29(39)38-35-15-19-13-25(32)28(26(33)14-19)40-16-18-2-1-3-23(34)12-18/h1-15,17H,16H2,(H,36,37)(H,38,39)/b35-15-. The molecule has 6 nitrogen and oxygen atoms in total. The molecule has 0 unspecified atom stereocenters. The average Bonchev–Trinajstić information content (AvgIpc) is 3.42. The number of nitrogens with one attached hydrogen (secondary N) is 2. The van der Waals surface area contributed by atoms with Crippen molar-refractivity contribution in [2.75, 3.05) is 5.32 Å². The smallest absolute Gasteiger partial charge is 0.271 e. The number of thiazole rings is 1. The third kappa shape index (κ3) is 7.62. The lowest BCUT2D eigenvalue weighted by molar-refractivity contribution is 0.0955. The molecule has 5 rings (SSSR count). The molecule has 1 amide bonds. The summed E-state index contributed by atoms with van der Waals surface area (Å²) in [5.74, 6) is -0.472. The molecule has 0 spiro atoms. The highest BCUT2D eigenvalue weighted by atomic mass is 35.5. The predicted octanol–water partition coefficient (Wildman–Crippen LogP) is 9.00. The van der Waals surface area contributed by atoms with Crippen LogP contribution in [0.25, 0.3) is 11.3 Å². The van der Waals surface area contributed by atoms with Crippen LogP contribution in [0.5, 0.6) is 5.75 Å². The van der Waals surface area contributed by atoms with Crippen molar-refractivity contribution < 1.29 is 13.9 Å². The van der Waals surface area contributed by atoms with Crippen molar-refractivity contribution in [1.29, 1.82) is 0 Å². The van der Waals surface area contributed by atoms with E-state index in [0.29, 0.717) is 21.7 Å². The molecule has 0 atom stereocenters. The minimum atomic E-state index is -0.386. The van der Waals surface area contributed by atoms with E-state index in [-0.39, 0.29) is 34.1 Å². The lowest BCUT2D eigenvalue weighted by Gasteiger charge is -2.11. The number of amides is 1. The number of benzene rings is 4. The van der Waals surface area contributed by atoms with E-state index in [4.69, 9.17) is 39.5 Å². The van der Waals surface area contributed by atoms with Gasteiger partial charge in [0.2, 0.25) is 0 Å². The third-order valence-electron chi connectivity index (χ3n) is 5.72. The zero-order chi connectivity index (χ0) is 28.8. The van der Waals surface area contributed by atoms with Crippen molar-refractivity contribution in [2.24, 2.45) is 5.10 Å². The molecule has 1 aromatic heterocycles. The van der Waals surface area contributed by atoms with Gasteiger partial charge in [0.1, 0.15) is 12.4 Å². The lowest BCUT2D eigenvalue weighted by atomic mass is 10.1. The number of aromatic nitrogens is 1. The second kappa shape index (κ2) is 13.1. The van der Waals surface area contributed by atoms with Gasteiger partial charge in [-0.1, -0.05) is 59.1 Å². The second-order valence-corrected chi connectivity index (χ2v) is 10.8. The van der Waals surface area contributed by atoms with Gasteiger partial charge < -0.3 is 10.1 Å². The molecule has 0 saturated carbocycles. The Morgan fingerprint density at radius 1 is 0.976 bits per heavy atom. The van der Waals surface area contributed by atoms with E-state index in [1.54, 1.807) is 48.5 Å². The SMILES string of the molecule is O=C(N/N=C\c1cc(Cl)c(OCc2cccc(F)c2)c(Cl)c1)c1ccc(-c2csc(Nc3ccc(Cl)cc3)n2)cc1. The molecule has 0 bridgehead atoms. The molecule has 0 radical (unpaired) electrons. The van der Waals surface area contributed by atoms with Crippen molar-refractivity contribution in [3.8, 4) is 17.0 Å². The van der Waals surface area contributed by atoms with Crippen molar-refractivity contribution in [3.05, 3.63) is 128 Å². The van der Waals surface area contributed by atoms with E-state index in [1.165, 1.54) is 29.7 Å². The first kappa shape index (κ1) is 28.6. The fourth-order valence-electron chi connectivity index (χ4n) is 3.72. The minimum absolute atomic E-state index is 0.101. The van der Waals surface area contributed by atoms with E-state index in [2.05, 4.69) is 20.8 Å². The topological polar surface area (TPSA) is 75.6 Å². The van der Waals surface area contributed by atoms with Gasteiger partial charge in [-0.3, -0.25) is 4.79 Å². The summed E-state index contributed by atoms with van der Waals surface area (Å²) in [6.07, 6.45) is 1.42. The zero-order valence-electron chi connectivity index (χ0n) is 21.1. The minimum Gasteiger partial charge on any atom is -0.486 e. The van der Waals surface area contributed by atoms with E-state index >= 15 is 0 Å². The molecule has 0 aliphatic rings. The van der Waals surface area contributed by atoms with Crippen LogP contribution in [0, 0.1) is 5.82 Å². The Labute approximate surface area is 254 Å². The number of anilines is 2. The van der Waals surface area contributed by atoms with Gasteiger partial charge in [-0.15, -0.1) is 11.3 Å². The monoisotopic (exact) mass is 624 g/mol. The van der Waals surface area contributed by atoms with E-state index in [0.717, 1.165) is 22.1 Å². The Hall–Kier alpha value is -3.95. The van der Waals surface area contributed by atoms with Crippen LogP contribution in [0.2, 0.25) is 15.1 Å². The summed E-state index contributed by atoms with van der Waals surface area (Å²) >= 11 is 20.1. The molecule has 1 heterocycles. The van der Waals surface area contributed by atoms with Crippen molar-refractivity contribution >= 4 is 69.1 Å². The lowest BCUT2D eigenvalue weighted by Crippen LogP contribution is -2.17. The number of nitrogens with zero attached hydrogens (tertiary/aromatic N) is 2. The molecular formula is C30H20Cl3FN4O2S. The summed E-state index contributed by atoms with van der Waals surface area (Å²) in [6, 6.07) is 23.7. The van der Waals surface area contributed by atoms with E-state index in [1.807, 2.05) is 29.6 Å². The molecule has 41 heavy (non-hydrogen) atoms. The highest BCUT2D eigenvalue weighted by molar-refractivity contribution is 7.14. The first-order valence-corrected chi connectivity index (χ1v) is 14.1. The maximum atomic E-state index is 13.4. The van der Waals surface area contributed by atoms with Gasteiger partial charge in [0, 0.05) is 27.2 Å². The van der Waals surface area contributed by atoms with Crippen molar-refractivity contribution in [1.82, 2.24) is 10.4 Å². The molecule has 2 N–H and O–H groups in total. The third-order valence-corrected chi connectivity index (χ3v) is 7.29. The Morgan fingerprint density at radius 2 is 1.71 bits per heavy atom. The highest BCUT2D eigenvalue weighted by Gasteiger charge is 2.11. The predicted molar refractivity (Wildman–Crippen MR) is 165 cm³/mol. The summed E-state index contributed by atoms with van der Waals surface area (Å²) in [5, 5.41) is 11.1. The number of ether oxygens (including phenoxy) is 1. The van der Waals surface area contributed by atoms with Gasteiger partial charge in [-0.25, -0.2) is 14.8 Å². The zero-order valence-corrected chi connectivity index (χ0v) is 24.2. The fraction of sp³-hybridized carbons (Fsp3) is 0.0333. The average molecular weight is 626 g/mol. The van der Waals surface area contributed by atoms with Crippen molar-refractivity contribution in [3.63, 3.8) is 0 Å². The van der Waals surface area contributed by atoms with Crippen LogP contribution in [0.3, 0.4) is 0 Å². The maximum Gasteiger partial charge on any atom is 0.271 e. The second-order valence-electron chi connectivity index (χ2n) is 8.68. The molecule has 0 fully saturated rings. The van der Waals surface area contributed by atoms with Crippen LogP contribution >= 0.6 is 46.1 Å². The van der Waals surface area contributed by atoms with Crippen LogP contribution in [0.4, 0.5) is 15.2 Å². The molecule has 0 aliphatic carbocycles. The van der Waals surface area contributed by atoms with Crippen LogP contribution < -0.4 is 15.5 Å². The Kier molecular flexibility index (Phi) is 9.16. The number of hydrazone groups is 1. The number of hydrogen-bond acceptors (Lipinski definition) is 6. The van der Waals surface area contributed by atoms with E-state index in [9.17, 15) is 9.18 Å². The fourth-order valence-corrected chi connectivity index (χ4v) is 5.20. The largest absolute Gasteiger partial charge is 0.486 e. The van der Waals surface area contributed by atoms with Crippen LogP contribution in [0.1, 0.15) is 21.5 Å². The molecule has 0 aliphatic heterocycles. The number of rotatable bonds is 9. The maximum absolute atomic E-state index is 13.4. The van der Waals surface area contributed by atoms with Gasteiger partial charge in [0.05, 0.1) is 22.0 Å². The van der Waals surface area contributed by atoms with Gasteiger partial charge in [-0.05, 0) is 71.8 Å². The molecular weight excluding hydrogens is 606 g/mol. The first-order chi connectivity index (χ1) is 19.8. The summed E-state index contributed by atoms with van der Waals surface area (Å²) in [6.45, 7) is 0.101. The summed E-state index contributed by atoms with van der Waals surface area (Å²) < 4.78 is 19.1. The molecule has 206 valence electrons. The number of halogens is 4.